The standard InChI is InChI=1S/C16H13N5O2/c1-10(12-5-2-6-17-9-12)20-21-16(23)13-8-11-4-3-7-18-14(11)19-15(13)22/h2-9H,1H3,(H,21,23)(H,18,19,22)/b20-10+. The lowest BCUT2D eigenvalue weighted by atomic mass is 10.2. The van der Waals surface area contributed by atoms with Crippen molar-refractivity contribution in [2.24, 2.45) is 5.10 Å². The molecule has 3 heterocycles. The number of hydrazone groups is 1. The quantitative estimate of drug-likeness (QED) is 0.565. The molecule has 0 aliphatic rings. The SMILES string of the molecule is C/C(=N\NC(=O)c1cc2cccnc2[nH]c1=O)c1cccnc1. The average molecular weight is 307 g/mol. The molecule has 0 aliphatic carbocycles. The van der Waals surface area contributed by atoms with Gasteiger partial charge in [-0.3, -0.25) is 14.6 Å². The largest absolute Gasteiger partial charge is 0.306 e. The van der Waals surface area contributed by atoms with Gasteiger partial charge in [0.15, 0.2) is 0 Å². The van der Waals surface area contributed by atoms with E-state index in [4.69, 9.17) is 0 Å². The molecule has 0 saturated heterocycles. The second-order valence-corrected chi connectivity index (χ2v) is 4.83. The molecule has 0 atom stereocenters. The molecule has 7 nitrogen and oxygen atoms in total. The van der Waals surface area contributed by atoms with Gasteiger partial charge in [0.25, 0.3) is 11.5 Å². The van der Waals surface area contributed by atoms with Crippen LogP contribution in [0.4, 0.5) is 0 Å². The fourth-order valence-electron chi connectivity index (χ4n) is 2.04. The van der Waals surface area contributed by atoms with Crippen LogP contribution in [0.25, 0.3) is 11.0 Å². The highest BCUT2D eigenvalue weighted by Crippen LogP contribution is 2.07. The van der Waals surface area contributed by atoms with Crippen molar-refractivity contribution in [3.05, 3.63) is 70.4 Å². The number of aromatic nitrogens is 3. The number of carbonyl (C=O) groups excluding carboxylic acids is 1. The Kier molecular flexibility index (Phi) is 3.92. The van der Waals surface area contributed by atoms with Gasteiger partial charge < -0.3 is 4.98 Å². The van der Waals surface area contributed by atoms with E-state index >= 15 is 0 Å². The Morgan fingerprint density at radius 2 is 2.09 bits per heavy atom. The lowest BCUT2D eigenvalue weighted by Crippen LogP contribution is -2.27. The molecular formula is C16H13N5O2. The first-order valence-corrected chi connectivity index (χ1v) is 6.88. The van der Waals surface area contributed by atoms with Crippen molar-refractivity contribution in [3.63, 3.8) is 0 Å². The van der Waals surface area contributed by atoms with E-state index in [1.165, 1.54) is 6.07 Å². The van der Waals surface area contributed by atoms with Gasteiger partial charge in [-0.25, -0.2) is 10.4 Å². The maximum atomic E-state index is 12.2. The summed E-state index contributed by atoms with van der Waals surface area (Å²) in [5, 5.41) is 4.67. The normalized spacial score (nSPS) is 11.4. The first-order chi connectivity index (χ1) is 11.1. The molecule has 23 heavy (non-hydrogen) atoms. The molecule has 2 N–H and O–H groups in total. The van der Waals surface area contributed by atoms with E-state index < -0.39 is 11.5 Å². The van der Waals surface area contributed by atoms with Crippen molar-refractivity contribution in [1.29, 1.82) is 0 Å². The number of hydrogen-bond donors (Lipinski definition) is 2. The smallest absolute Gasteiger partial charge is 0.276 e. The molecule has 3 aromatic rings. The van der Waals surface area contributed by atoms with Crippen LogP contribution in [-0.4, -0.2) is 26.6 Å². The topological polar surface area (TPSA) is 100 Å². The zero-order valence-corrected chi connectivity index (χ0v) is 12.3. The van der Waals surface area contributed by atoms with Crippen molar-refractivity contribution in [2.75, 3.05) is 0 Å². The summed E-state index contributed by atoms with van der Waals surface area (Å²) in [5.74, 6) is -0.583. The number of fused-ring (bicyclic) bond motifs is 1. The van der Waals surface area contributed by atoms with Crippen LogP contribution in [0.5, 0.6) is 0 Å². The Hall–Kier alpha value is -3.35. The summed E-state index contributed by atoms with van der Waals surface area (Å²) >= 11 is 0. The lowest BCUT2D eigenvalue weighted by molar-refractivity contribution is 0.0953. The molecule has 114 valence electrons. The first kappa shape index (κ1) is 14.6. The van der Waals surface area contributed by atoms with Gasteiger partial charge in [0.2, 0.25) is 0 Å². The second kappa shape index (κ2) is 6.18. The Balaban J connectivity index is 1.86. The van der Waals surface area contributed by atoms with Crippen molar-refractivity contribution in [3.8, 4) is 0 Å². The molecule has 1 amide bonds. The number of hydrogen-bond acceptors (Lipinski definition) is 5. The number of H-pyrrole nitrogens is 1. The number of carbonyl (C=O) groups is 1. The molecule has 7 heteroatoms. The maximum absolute atomic E-state index is 12.2. The minimum absolute atomic E-state index is 0.0202. The minimum atomic E-state index is -0.583. The molecule has 3 rings (SSSR count). The molecule has 0 unspecified atom stereocenters. The molecule has 0 aliphatic heterocycles. The Morgan fingerprint density at radius 3 is 2.87 bits per heavy atom. The highest BCUT2D eigenvalue weighted by Gasteiger charge is 2.11. The lowest BCUT2D eigenvalue weighted by Gasteiger charge is -2.03. The molecule has 0 fully saturated rings. The monoisotopic (exact) mass is 307 g/mol. The van der Waals surface area contributed by atoms with Crippen molar-refractivity contribution in [1.82, 2.24) is 20.4 Å². The van der Waals surface area contributed by atoms with Crippen LogP contribution in [0.1, 0.15) is 22.8 Å². The molecule has 3 aromatic heterocycles. The van der Waals surface area contributed by atoms with Crippen LogP contribution in [0.3, 0.4) is 0 Å². The van der Waals surface area contributed by atoms with Gasteiger partial charge in [-0.2, -0.15) is 5.10 Å². The Labute approximate surface area is 131 Å². The number of amides is 1. The summed E-state index contributed by atoms with van der Waals surface area (Å²) < 4.78 is 0. The molecule has 0 radical (unpaired) electrons. The maximum Gasteiger partial charge on any atom is 0.276 e. The van der Waals surface area contributed by atoms with Crippen molar-refractivity contribution in [2.45, 2.75) is 6.92 Å². The van der Waals surface area contributed by atoms with Gasteiger partial charge in [0.05, 0.1) is 5.71 Å². The number of nitrogens with zero attached hydrogens (tertiary/aromatic N) is 3. The molecule has 0 saturated carbocycles. The van der Waals surface area contributed by atoms with E-state index in [1.807, 2.05) is 6.07 Å². The van der Waals surface area contributed by atoms with Crippen molar-refractivity contribution < 1.29 is 4.79 Å². The van der Waals surface area contributed by atoms with Gasteiger partial charge in [-0.15, -0.1) is 0 Å². The minimum Gasteiger partial charge on any atom is -0.306 e. The van der Waals surface area contributed by atoms with Gasteiger partial charge in [-0.1, -0.05) is 6.07 Å². The Bertz CT molecular complexity index is 947. The average Bonchev–Trinajstić information content (AvgIpc) is 2.59. The van der Waals surface area contributed by atoms with E-state index in [2.05, 4.69) is 25.5 Å². The predicted octanol–water partition coefficient (Wildman–Crippen LogP) is 1.47. The third kappa shape index (κ3) is 3.13. The Morgan fingerprint density at radius 1 is 1.26 bits per heavy atom. The third-order valence-electron chi connectivity index (χ3n) is 3.26. The van der Waals surface area contributed by atoms with Crippen LogP contribution < -0.4 is 11.0 Å². The number of rotatable bonds is 3. The van der Waals surface area contributed by atoms with Crippen LogP contribution in [-0.2, 0) is 0 Å². The van der Waals surface area contributed by atoms with Gasteiger partial charge in [-0.05, 0) is 31.2 Å². The summed E-state index contributed by atoms with van der Waals surface area (Å²) in [4.78, 5) is 34.7. The number of nitrogens with one attached hydrogen (secondary N) is 2. The molecule has 0 spiro atoms. The van der Waals surface area contributed by atoms with Crippen LogP contribution in [0.15, 0.2) is 58.8 Å². The first-order valence-electron chi connectivity index (χ1n) is 6.88. The predicted molar refractivity (Wildman–Crippen MR) is 86.3 cm³/mol. The third-order valence-corrected chi connectivity index (χ3v) is 3.26. The summed E-state index contributed by atoms with van der Waals surface area (Å²) in [7, 11) is 0. The summed E-state index contributed by atoms with van der Waals surface area (Å²) in [6, 6.07) is 8.58. The fraction of sp³-hybridized carbons (Fsp3) is 0.0625. The fourth-order valence-corrected chi connectivity index (χ4v) is 2.04. The zero-order valence-electron chi connectivity index (χ0n) is 12.3. The summed E-state index contributed by atoms with van der Waals surface area (Å²) in [5.41, 5.74) is 3.66. The second-order valence-electron chi connectivity index (χ2n) is 4.83. The van der Waals surface area contributed by atoms with Crippen LogP contribution in [0.2, 0.25) is 0 Å². The molecule has 0 bridgehead atoms. The van der Waals surface area contributed by atoms with Gasteiger partial charge in [0.1, 0.15) is 11.2 Å². The van der Waals surface area contributed by atoms with E-state index in [9.17, 15) is 9.59 Å². The summed E-state index contributed by atoms with van der Waals surface area (Å²) in [6.45, 7) is 1.74. The van der Waals surface area contributed by atoms with Gasteiger partial charge in [0, 0.05) is 29.5 Å². The van der Waals surface area contributed by atoms with E-state index in [0.717, 1.165) is 5.56 Å². The van der Waals surface area contributed by atoms with E-state index in [-0.39, 0.29) is 5.56 Å². The highest BCUT2D eigenvalue weighted by molar-refractivity contribution is 6.01. The van der Waals surface area contributed by atoms with Crippen molar-refractivity contribution >= 4 is 22.7 Å². The van der Waals surface area contributed by atoms with Gasteiger partial charge >= 0.3 is 0 Å². The van der Waals surface area contributed by atoms with E-state index in [1.54, 1.807) is 43.7 Å². The number of aromatic amines is 1. The number of pyridine rings is 3. The summed E-state index contributed by atoms with van der Waals surface area (Å²) in [6.07, 6.45) is 4.86. The zero-order chi connectivity index (χ0) is 16.2. The van der Waals surface area contributed by atoms with E-state index in [0.29, 0.717) is 16.7 Å². The molecule has 0 aromatic carbocycles. The van der Waals surface area contributed by atoms with Crippen LogP contribution in [0, 0.1) is 0 Å². The van der Waals surface area contributed by atoms with Crippen LogP contribution >= 0.6 is 0 Å². The molecular weight excluding hydrogens is 294 g/mol. The highest BCUT2D eigenvalue weighted by atomic mass is 16.2.